The lowest BCUT2D eigenvalue weighted by molar-refractivity contribution is -0.141. The standard InChI is InChI=1S/C13H16F3N3S/c1-7(8-2-3-8)6-18-12-9(11(17)20)4-5-10(19-12)13(14,15)16/h4-5,7-8H,2-3,6H2,1H3,(H2,17,20)(H,18,19). The third kappa shape index (κ3) is 3.59. The number of anilines is 1. The van der Waals surface area contributed by atoms with E-state index in [9.17, 15) is 13.2 Å². The number of hydrogen-bond donors (Lipinski definition) is 2. The zero-order valence-electron chi connectivity index (χ0n) is 11.0. The fourth-order valence-electron chi connectivity index (χ4n) is 2.04. The molecule has 0 bridgehead atoms. The molecule has 1 heterocycles. The molecule has 1 saturated carbocycles. The summed E-state index contributed by atoms with van der Waals surface area (Å²) < 4.78 is 38.1. The molecule has 0 amide bonds. The number of hydrogen-bond acceptors (Lipinski definition) is 3. The lowest BCUT2D eigenvalue weighted by Gasteiger charge is -2.16. The molecule has 1 unspecified atom stereocenters. The van der Waals surface area contributed by atoms with E-state index >= 15 is 0 Å². The highest BCUT2D eigenvalue weighted by atomic mass is 32.1. The predicted molar refractivity (Wildman–Crippen MR) is 75.5 cm³/mol. The summed E-state index contributed by atoms with van der Waals surface area (Å²) in [6, 6.07) is 2.16. The van der Waals surface area contributed by atoms with Crippen molar-refractivity contribution >= 4 is 23.0 Å². The first-order valence-electron chi connectivity index (χ1n) is 6.41. The minimum Gasteiger partial charge on any atom is -0.389 e. The summed E-state index contributed by atoms with van der Waals surface area (Å²) in [5.74, 6) is 1.16. The van der Waals surface area contributed by atoms with Crippen molar-refractivity contribution in [2.45, 2.75) is 25.9 Å². The van der Waals surface area contributed by atoms with Crippen molar-refractivity contribution in [1.82, 2.24) is 4.98 Å². The van der Waals surface area contributed by atoms with Crippen LogP contribution in [0.15, 0.2) is 12.1 Å². The van der Waals surface area contributed by atoms with Crippen molar-refractivity contribution in [1.29, 1.82) is 0 Å². The number of nitrogens with one attached hydrogen (secondary N) is 1. The molecule has 0 saturated heterocycles. The van der Waals surface area contributed by atoms with Gasteiger partial charge in [0.15, 0.2) is 0 Å². The van der Waals surface area contributed by atoms with Gasteiger partial charge in [-0.15, -0.1) is 0 Å². The Morgan fingerprint density at radius 1 is 1.50 bits per heavy atom. The fourth-order valence-corrected chi connectivity index (χ4v) is 2.20. The Morgan fingerprint density at radius 3 is 2.65 bits per heavy atom. The molecule has 1 aliphatic rings. The predicted octanol–water partition coefficient (Wildman–Crippen LogP) is 3.19. The van der Waals surface area contributed by atoms with Gasteiger partial charge in [0.25, 0.3) is 0 Å². The highest BCUT2D eigenvalue weighted by molar-refractivity contribution is 7.80. The zero-order valence-corrected chi connectivity index (χ0v) is 11.8. The van der Waals surface area contributed by atoms with Crippen LogP contribution >= 0.6 is 12.2 Å². The van der Waals surface area contributed by atoms with Crippen LogP contribution in [0.3, 0.4) is 0 Å². The van der Waals surface area contributed by atoms with Gasteiger partial charge in [0, 0.05) is 6.54 Å². The van der Waals surface area contributed by atoms with E-state index in [0.29, 0.717) is 23.9 Å². The number of rotatable bonds is 5. The highest BCUT2D eigenvalue weighted by Gasteiger charge is 2.33. The number of thiocarbonyl (C=S) groups is 1. The largest absolute Gasteiger partial charge is 0.433 e. The van der Waals surface area contributed by atoms with E-state index in [4.69, 9.17) is 18.0 Å². The summed E-state index contributed by atoms with van der Waals surface area (Å²) in [4.78, 5) is 3.65. The quantitative estimate of drug-likeness (QED) is 0.820. The molecule has 1 atom stereocenters. The van der Waals surface area contributed by atoms with Gasteiger partial charge in [-0.05, 0) is 36.8 Å². The van der Waals surface area contributed by atoms with Crippen LogP contribution < -0.4 is 11.1 Å². The molecule has 7 heteroatoms. The summed E-state index contributed by atoms with van der Waals surface area (Å²) in [7, 11) is 0. The Balaban J connectivity index is 2.19. The second kappa shape index (κ2) is 5.55. The number of aromatic nitrogens is 1. The third-order valence-electron chi connectivity index (χ3n) is 3.47. The summed E-state index contributed by atoms with van der Waals surface area (Å²) >= 11 is 4.85. The van der Waals surface area contributed by atoms with Gasteiger partial charge in [0.05, 0.1) is 5.56 Å². The molecule has 0 spiro atoms. The van der Waals surface area contributed by atoms with Gasteiger partial charge in [-0.3, -0.25) is 0 Å². The van der Waals surface area contributed by atoms with Gasteiger partial charge >= 0.3 is 6.18 Å². The van der Waals surface area contributed by atoms with Crippen LogP contribution in [0.25, 0.3) is 0 Å². The summed E-state index contributed by atoms with van der Waals surface area (Å²) in [6.07, 6.45) is -2.12. The van der Waals surface area contributed by atoms with Crippen molar-refractivity contribution < 1.29 is 13.2 Å². The van der Waals surface area contributed by atoms with Gasteiger partial charge in [0.1, 0.15) is 16.5 Å². The molecule has 0 aliphatic heterocycles. The lowest BCUT2D eigenvalue weighted by atomic mass is 10.1. The number of nitrogens with zero attached hydrogens (tertiary/aromatic N) is 1. The second-order valence-electron chi connectivity index (χ2n) is 5.15. The van der Waals surface area contributed by atoms with Crippen LogP contribution in [0.4, 0.5) is 19.0 Å². The van der Waals surface area contributed by atoms with Gasteiger partial charge in [-0.2, -0.15) is 13.2 Å². The molecule has 3 nitrogen and oxygen atoms in total. The molecular formula is C13H16F3N3S. The molecule has 0 aromatic carbocycles. The van der Waals surface area contributed by atoms with Crippen molar-refractivity contribution in [2.75, 3.05) is 11.9 Å². The molecule has 1 aliphatic carbocycles. The molecular weight excluding hydrogens is 287 g/mol. The Hall–Kier alpha value is -1.37. The van der Waals surface area contributed by atoms with Crippen molar-refractivity contribution in [3.8, 4) is 0 Å². The third-order valence-corrected chi connectivity index (χ3v) is 3.69. The van der Waals surface area contributed by atoms with Crippen molar-refractivity contribution in [2.24, 2.45) is 17.6 Å². The van der Waals surface area contributed by atoms with Crippen LogP contribution in [-0.4, -0.2) is 16.5 Å². The minimum absolute atomic E-state index is 0.0350. The van der Waals surface area contributed by atoms with Crippen molar-refractivity contribution in [3.63, 3.8) is 0 Å². The molecule has 1 aromatic rings. The van der Waals surface area contributed by atoms with E-state index in [0.717, 1.165) is 6.07 Å². The van der Waals surface area contributed by atoms with E-state index in [2.05, 4.69) is 17.2 Å². The zero-order chi connectivity index (χ0) is 14.9. The summed E-state index contributed by atoms with van der Waals surface area (Å²) in [6.45, 7) is 2.63. The SMILES string of the molecule is CC(CNc1nc(C(F)(F)F)ccc1C(N)=S)C1CC1. The molecule has 1 fully saturated rings. The second-order valence-corrected chi connectivity index (χ2v) is 5.59. The summed E-state index contributed by atoms with van der Waals surface area (Å²) in [5, 5.41) is 2.95. The maximum Gasteiger partial charge on any atom is 0.433 e. The number of pyridine rings is 1. The first kappa shape index (κ1) is 15.0. The Bertz CT molecular complexity index is 512. The molecule has 110 valence electrons. The summed E-state index contributed by atoms with van der Waals surface area (Å²) in [5.41, 5.74) is 4.92. The average Bonchev–Trinajstić information content (AvgIpc) is 3.18. The first-order valence-corrected chi connectivity index (χ1v) is 6.81. The molecule has 2 rings (SSSR count). The van der Waals surface area contributed by atoms with Gasteiger partial charge in [-0.25, -0.2) is 4.98 Å². The normalized spacial score (nSPS) is 16.8. The van der Waals surface area contributed by atoms with Gasteiger partial charge in [0.2, 0.25) is 0 Å². The Morgan fingerprint density at radius 2 is 2.15 bits per heavy atom. The first-order chi connectivity index (χ1) is 9.29. The molecule has 20 heavy (non-hydrogen) atoms. The van der Waals surface area contributed by atoms with E-state index in [1.165, 1.54) is 18.9 Å². The van der Waals surface area contributed by atoms with Crippen LogP contribution in [0, 0.1) is 11.8 Å². The van der Waals surface area contributed by atoms with E-state index < -0.39 is 11.9 Å². The number of alkyl halides is 3. The lowest BCUT2D eigenvalue weighted by Crippen LogP contribution is -2.20. The number of halogens is 3. The van der Waals surface area contributed by atoms with E-state index in [1.807, 2.05) is 0 Å². The minimum atomic E-state index is -4.48. The maximum absolute atomic E-state index is 12.7. The van der Waals surface area contributed by atoms with E-state index in [-0.39, 0.29) is 10.8 Å². The van der Waals surface area contributed by atoms with Crippen LogP contribution in [0.5, 0.6) is 0 Å². The van der Waals surface area contributed by atoms with Crippen LogP contribution in [-0.2, 0) is 6.18 Å². The molecule has 3 N–H and O–H groups in total. The fraction of sp³-hybridized carbons (Fsp3) is 0.538. The topological polar surface area (TPSA) is 50.9 Å². The smallest absolute Gasteiger partial charge is 0.389 e. The molecule has 1 aromatic heterocycles. The monoisotopic (exact) mass is 303 g/mol. The van der Waals surface area contributed by atoms with Gasteiger partial charge in [-0.1, -0.05) is 19.1 Å². The number of nitrogens with two attached hydrogens (primary N) is 1. The Kier molecular flexibility index (Phi) is 4.17. The Labute approximate surface area is 120 Å². The van der Waals surface area contributed by atoms with Crippen molar-refractivity contribution in [3.05, 3.63) is 23.4 Å². The average molecular weight is 303 g/mol. The van der Waals surface area contributed by atoms with Crippen LogP contribution in [0.2, 0.25) is 0 Å². The molecule has 0 radical (unpaired) electrons. The maximum atomic E-state index is 12.7. The highest BCUT2D eigenvalue weighted by Crippen LogP contribution is 2.36. The van der Waals surface area contributed by atoms with E-state index in [1.54, 1.807) is 0 Å². The van der Waals surface area contributed by atoms with Crippen LogP contribution in [0.1, 0.15) is 31.0 Å². The van der Waals surface area contributed by atoms with Gasteiger partial charge < -0.3 is 11.1 Å².